The molecule has 1 aliphatic heterocycles. The van der Waals surface area contributed by atoms with Gasteiger partial charge in [0.15, 0.2) is 11.6 Å². The molecule has 23 heavy (non-hydrogen) atoms. The fraction of sp³-hybridized carbons (Fsp3) is 0.611. The number of aromatic nitrogens is 4. The van der Waals surface area contributed by atoms with Crippen LogP contribution in [0.4, 0.5) is 0 Å². The molecule has 0 bridgehead atoms. The largest absolute Gasteiger partial charge is 0.237 e. The summed E-state index contributed by atoms with van der Waals surface area (Å²) < 4.78 is 1.77. The third kappa shape index (κ3) is 3.94. The van der Waals surface area contributed by atoms with E-state index in [1.807, 2.05) is 6.20 Å². The molecule has 124 valence electrons. The van der Waals surface area contributed by atoms with Gasteiger partial charge in [0, 0.05) is 11.6 Å². The van der Waals surface area contributed by atoms with Gasteiger partial charge >= 0.3 is 0 Å². The Morgan fingerprint density at radius 2 is 1.91 bits per heavy atom. The van der Waals surface area contributed by atoms with Crippen LogP contribution in [-0.2, 0) is 11.8 Å². The average molecular weight is 331 g/mol. The van der Waals surface area contributed by atoms with E-state index in [1.165, 1.54) is 29.9 Å². The maximum Gasteiger partial charge on any atom is 0.156 e. The molecule has 1 fully saturated rings. The molecule has 3 rings (SSSR count). The number of thioether (sulfide) groups is 1. The Balaban J connectivity index is 1.73. The van der Waals surface area contributed by atoms with Gasteiger partial charge in [0.2, 0.25) is 0 Å². The lowest BCUT2D eigenvalue weighted by molar-refractivity contribution is 0.294. The van der Waals surface area contributed by atoms with E-state index in [0.717, 1.165) is 18.1 Å². The fourth-order valence-electron chi connectivity index (χ4n) is 2.91. The van der Waals surface area contributed by atoms with Crippen LogP contribution in [0.3, 0.4) is 0 Å². The number of pyridine rings is 1. The predicted molar refractivity (Wildman–Crippen MR) is 96.2 cm³/mol. The maximum atomic E-state index is 4.60. The summed E-state index contributed by atoms with van der Waals surface area (Å²) in [5, 5.41) is 4.55. The zero-order chi connectivity index (χ0) is 16.5. The number of nitrogens with zero attached hydrogens (tertiary/aromatic N) is 4. The first-order valence-electron chi connectivity index (χ1n) is 8.31. The molecular weight excluding hydrogens is 304 g/mol. The number of hydrogen-bond acceptors (Lipinski definition) is 4. The molecule has 1 aliphatic rings. The minimum absolute atomic E-state index is 0.0429. The number of rotatable bonds is 3. The summed E-state index contributed by atoms with van der Waals surface area (Å²) in [7, 11) is 0. The third-order valence-corrected chi connectivity index (χ3v) is 5.52. The minimum atomic E-state index is -0.0429. The molecule has 0 unspecified atom stereocenters. The topological polar surface area (TPSA) is 43.6 Å². The van der Waals surface area contributed by atoms with Gasteiger partial charge in [-0.25, -0.2) is 14.6 Å². The van der Waals surface area contributed by atoms with Crippen LogP contribution in [0, 0.1) is 5.41 Å². The van der Waals surface area contributed by atoms with Gasteiger partial charge in [-0.05, 0) is 47.8 Å². The maximum absolute atomic E-state index is 4.60. The van der Waals surface area contributed by atoms with Crippen LogP contribution in [-0.4, -0.2) is 31.3 Å². The molecule has 0 amide bonds. The van der Waals surface area contributed by atoms with Crippen molar-refractivity contribution in [3.63, 3.8) is 0 Å². The van der Waals surface area contributed by atoms with Crippen molar-refractivity contribution in [1.29, 1.82) is 0 Å². The Morgan fingerprint density at radius 1 is 1.17 bits per heavy atom. The summed E-state index contributed by atoms with van der Waals surface area (Å²) in [6.45, 7) is 8.76. The highest BCUT2D eigenvalue weighted by molar-refractivity contribution is 7.99. The molecule has 5 heteroatoms. The smallest absolute Gasteiger partial charge is 0.156 e. The first-order chi connectivity index (χ1) is 10.9. The van der Waals surface area contributed by atoms with Crippen molar-refractivity contribution in [3.8, 4) is 5.82 Å². The van der Waals surface area contributed by atoms with Crippen LogP contribution in [0.5, 0.6) is 0 Å². The Kier molecular flexibility index (Phi) is 4.50. The fourth-order valence-corrected chi connectivity index (χ4v) is 4.39. The molecule has 0 radical (unpaired) electrons. The Bertz CT molecular complexity index is 648. The van der Waals surface area contributed by atoms with Gasteiger partial charge in [0.05, 0.1) is 0 Å². The zero-order valence-electron chi connectivity index (χ0n) is 14.5. The highest BCUT2D eigenvalue weighted by Gasteiger charge is 2.27. The summed E-state index contributed by atoms with van der Waals surface area (Å²) in [4.78, 5) is 9.00. The van der Waals surface area contributed by atoms with Crippen LogP contribution in [0.2, 0.25) is 0 Å². The molecule has 0 saturated carbocycles. The van der Waals surface area contributed by atoms with Gasteiger partial charge in [-0.3, -0.25) is 0 Å². The van der Waals surface area contributed by atoms with Crippen LogP contribution in [0.1, 0.15) is 51.9 Å². The molecule has 1 saturated heterocycles. The zero-order valence-corrected chi connectivity index (χ0v) is 15.4. The second-order valence-electron chi connectivity index (χ2n) is 7.89. The lowest BCUT2D eigenvalue weighted by Gasteiger charge is -2.33. The van der Waals surface area contributed by atoms with E-state index in [2.05, 4.69) is 66.7 Å². The minimum Gasteiger partial charge on any atom is -0.237 e. The third-order valence-electron chi connectivity index (χ3n) is 4.54. The Hall–Kier alpha value is -1.36. The van der Waals surface area contributed by atoms with E-state index in [0.29, 0.717) is 5.41 Å². The first kappa shape index (κ1) is 16.5. The average Bonchev–Trinajstić information content (AvgIpc) is 2.98. The molecule has 0 atom stereocenters. The van der Waals surface area contributed by atoms with Gasteiger partial charge < -0.3 is 0 Å². The van der Waals surface area contributed by atoms with Gasteiger partial charge in [-0.15, -0.1) is 5.10 Å². The SMILES string of the molecule is CC1(Cc2ccc(-n3cnc(C(C)(C)C)n3)nc2)CCSCC1. The molecule has 4 nitrogen and oxygen atoms in total. The second-order valence-corrected chi connectivity index (χ2v) is 9.11. The first-order valence-corrected chi connectivity index (χ1v) is 9.46. The van der Waals surface area contributed by atoms with Gasteiger partial charge in [0.1, 0.15) is 6.33 Å². The van der Waals surface area contributed by atoms with Crippen LogP contribution in [0.25, 0.3) is 5.82 Å². The van der Waals surface area contributed by atoms with E-state index in [-0.39, 0.29) is 5.41 Å². The molecule has 0 spiro atoms. The monoisotopic (exact) mass is 330 g/mol. The summed E-state index contributed by atoms with van der Waals surface area (Å²) in [6.07, 6.45) is 7.48. The molecule has 0 aliphatic carbocycles. The van der Waals surface area contributed by atoms with Crippen molar-refractivity contribution in [1.82, 2.24) is 19.7 Å². The van der Waals surface area contributed by atoms with Gasteiger partial charge in [0.25, 0.3) is 0 Å². The van der Waals surface area contributed by atoms with Crippen molar-refractivity contribution in [2.75, 3.05) is 11.5 Å². The summed E-state index contributed by atoms with van der Waals surface area (Å²) >= 11 is 2.08. The van der Waals surface area contributed by atoms with E-state index in [1.54, 1.807) is 11.0 Å². The van der Waals surface area contributed by atoms with Crippen LogP contribution >= 0.6 is 11.8 Å². The lowest BCUT2D eigenvalue weighted by atomic mass is 9.79. The van der Waals surface area contributed by atoms with Crippen LogP contribution in [0.15, 0.2) is 24.7 Å². The van der Waals surface area contributed by atoms with E-state index in [9.17, 15) is 0 Å². The van der Waals surface area contributed by atoms with E-state index >= 15 is 0 Å². The summed E-state index contributed by atoms with van der Waals surface area (Å²) in [5.41, 5.74) is 1.71. The van der Waals surface area contributed by atoms with Crippen molar-refractivity contribution in [2.24, 2.45) is 5.41 Å². The van der Waals surface area contributed by atoms with Crippen molar-refractivity contribution in [3.05, 3.63) is 36.0 Å². The van der Waals surface area contributed by atoms with E-state index in [4.69, 9.17) is 0 Å². The lowest BCUT2D eigenvalue weighted by Crippen LogP contribution is -2.25. The second kappa shape index (κ2) is 6.27. The number of hydrogen-bond donors (Lipinski definition) is 0. The molecule has 2 aromatic rings. The Labute approximate surface area is 143 Å². The molecule has 2 aromatic heterocycles. The van der Waals surface area contributed by atoms with Crippen molar-refractivity contribution >= 4 is 11.8 Å². The molecule has 0 aromatic carbocycles. The summed E-state index contributed by atoms with van der Waals surface area (Å²) in [6, 6.07) is 4.24. The highest BCUT2D eigenvalue weighted by atomic mass is 32.2. The van der Waals surface area contributed by atoms with Gasteiger partial charge in [-0.1, -0.05) is 33.8 Å². The van der Waals surface area contributed by atoms with Gasteiger partial charge in [-0.2, -0.15) is 11.8 Å². The normalized spacial score (nSPS) is 18.1. The Morgan fingerprint density at radius 3 is 2.48 bits per heavy atom. The van der Waals surface area contributed by atoms with Crippen molar-refractivity contribution < 1.29 is 0 Å². The molecular formula is C18H26N4S. The van der Waals surface area contributed by atoms with Crippen LogP contribution < -0.4 is 0 Å². The molecule has 3 heterocycles. The standard InChI is InChI=1S/C18H26N4S/c1-17(2,3)16-20-13-22(21-16)15-6-5-14(12-19-15)11-18(4)7-9-23-10-8-18/h5-6,12-13H,7-11H2,1-4H3. The van der Waals surface area contributed by atoms with Crippen molar-refractivity contribution in [2.45, 2.75) is 52.4 Å². The summed E-state index contributed by atoms with van der Waals surface area (Å²) in [5.74, 6) is 4.25. The predicted octanol–water partition coefficient (Wildman–Crippen LogP) is 4.04. The van der Waals surface area contributed by atoms with E-state index < -0.39 is 0 Å². The quantitative estimate of drug-likeness (QED) is 0.852. The molecule has 0 N–H and O–H groups in total. The highest BCUT2D eigenvalue weighted by Crippen LogP contribution is 2.37.